The number of amides is 1. The van der Waals surface area contributed by atoms with Gasteiger partial charge in [0.05, 0.1) is 24.0 Å². The zero-order chi connectivity index (χ0) is 15.5. The van der Waals surface area contributed by atoms with Crippen LogP contribution in [-0.2, 0) is 0 Å². The SMILES string of the molecule is COc1ccccc1C(=O)N1CCCN(C)c2ccccc21. The first-order valence-corrected chi connectivity index (χ1v) is 7.47. The topological polar surface area (TPSA) is 32.8 Å². The minimum Gasteiger partial charge on any atom is -0.496 e. The summed E-state index contributed by atoms with van der Waals surface area (Å²) in [6, 6.07) is 15.4. The van der Waals surface area contributed by atoms with Gasteiger partial charge in [0.2, 0.25) is 0 Å². The lowest BCUT2D eigenvalue weighted by molar-refractivity contribution is 0.0984. The number of hydrogen-bond donors (Lipinski definition) is 0. The fourth-order valence-corrected chi connectivity index (χ4v) is 2.90. The van der Waals surface area contributed by atoms with E-state index >= 15 is 0 Å². The van der Waals surface area contributed by atoms with Crippen LogP contribution in [-0.4, -0.2) is 33.2 Å². The first-order valence-electron chi connectivity index (χ1n) is 7.47. The third kappa shape index (κ3) is 2.52. The van der Waals surface area contributed by atoms with E-state index in [1.54, 1.807) is 7.11 Å². The van der Waals surface area contributed by atoms with Crippen molar-refractivity contribution in [1.82, 2.24) is 0 Å². The molecule has 0 unspecified atom stereocenters. The van der Waals surface area contributed by atoms with Gasteiger partial charge in [0, 0.05) is 20.1 Å². The highest BCUT2D eigenvalue weighted by molar-refractivity contribution is 6.09. The van der Waals surface area contributed by atoms with Crippen molar-refractivity contribution >= 4 is 17.3 Å². The summed E-state index contributed by atoms with van der Waals surface area (Å²) in [5.74, 6) is 0.600. The Hall–Kier alpha value is -2.49. The Morgan fingerprint density at radius 3 is 2.45 bits per heavy atom. The smallest absolute Gasteiger partial charge is 0.262 e. The van der Waals surface area contributed by atoms with Gasteiger partial charge in [0.1, 0.15) is 5.75 Å². The molecule has 1 aliphatic rings. The molecule has 0 fully saturated rings. The molecule has 0 aliphatic carbocycles. The molecule has 22 heavy (non-hydrogen) atoms. The lowest BCUT2D eigenvalue weighted by Crippen LogP contribution is -2.31. The maximum absolute atomic E-state index is 13.0. The van der Waals surface area contributed by atoms with Crippen molar-refractivity contribution < 1.29 is 9.53 Å². The van der Waals surface area contributed by atoms with E-state index in [-0.39, 0.29) is 5.91 Å². The van der Waals surface area contributed by atoms with Gasteiger partial charge in [0.15, 0.2) is 0 Å². The Bertz CT molecular complexity index is 684. The second-order valence-electron chi connectivity index (χ2n) is 5.42. The third-order valence-corrected chi connectivity index (χ3v) is 4.04. The van der Waals surface area contributed by atoms with Crippen molar-refractivity contribution in [3.8, 4) is 5.75 Å². The van der Waals surface area contributed by atoms with E-state index < -0.39 is 0 Å². The maximum atomic E-state index is 13.0. The van der Waals surface area contributed by atoms with Crippen LogP contribution in [0.25, 0.3) is 0 Å². The molecule has 2 aromatic rings. The third-order valence-electron chi connectivity index (χ3n) is 4.04. The highest BCUT2D eigenvalue weighted by Crippen LogP contribution is 2.33. The summed E-state index contributed by atoms with van der Waals surface area (Å²) in [5, 5.41) is 0. The van der Waals surface area contributed by atoms with Crippen molar-refractivity contribution in [1.29, 1.82) is 0 Å². The molecule has 4 heteroatoms. The molecule has 1 amide bonds. The van der Waals surface area contributed by atoms with Crippen LogP contribution < -0.4 is 14.5 Å². The van der Waals surface area contributed by atoms with E-state index in [9.17, 15) is 4.79 Å². The number of nitrogens with zero attached hydrogens (tertiary/aromatic N) is 2. The Labute approximate surface area is 130 Å². The Morgan fingerprint density at radius 1 is 1.00 bits per heavy atom. The molecule has 0 saturated carbocycles. The van der Waals surface area contributed by atoms with E-state index in [1.165, 1.54) is 0 Å². The average Bonchev–Trinajstić information content (AvgIpc) is 2.74. The van der Waals surface area contributed by atoms with Gasteiger partial charge in [-0.05, 0) is 30.7 Å². The van der Waals surface area contributed by atoms with E-state index in [0.29, 0.717) is 17.9 Å². The van der Waals surface area contributed by atoms with Crippen LogP contribution >= 0.6 is 0 Å². The van der Waals surface area contributed by atoms with Gasteiger partial charge in [0.25, 0.3) is 5.91 Å². The van der Waals surface area contributed by atoms with Gasteiger partial charge in [-0.2, -0.15) is 0 Å². The maximum Gasteiger partial charge on any atom is 0.262 e. The van der Waals surface area contributed by atoms with Crippen LogP contribution in [0.2, 0.25) is 0 Å². The molecule has 1 aliphatic heterocycles. The fourth-order valence-electron chi connectivity index (χ4n) is 2.90. The lowest BCUT2D eigenvalue weighted by Gasteiger charge is -2.24. The standard InChI is InChI=1S/C18H20N2O2/c1-19-12-7-13-20(16-10-5-4-9-15(16)19)18(21)14-8-3-6-11-17(14)22-2/h3-6,8-11H,7,12-13H2,1-2H3. The van der Waals surface area contributed by atoms with E-state index in [4.69, 9.17) is 4.74 Å². The zero-order valence-corrected chi connectivity index (χ0v) is 13.0. The van der Waals surface area contributed by atoms with Crippen LogP contribution in [0.3, 0.4) is 0 Å². The highest BCUT2D eigenvalue weighted by Gasteiger charge is 2.25. The van der Waals surface area contributed by atoms with Crippen molar-refractivity contribution in [3.05, 3.63) is 54.1 Å². The number of anilines is 2. The summed E-state index contributed by atoms with van der Waals surface area (Å²) in [4.78, 5) is 17.1. The van der Waals surface area contributed by atoms with Gasteiger partial charge in [-0.25, -0.2) is 0 Å². The second kappa shape index (κ2) is 6.10. The average molecular weight is 296 g/mol. The molecule has 4 nitrogen and oxygen atoms in total. The molecule has 0 radical (unpaired) electrons. The van der Waals surface area contributed by atoms with Gasteiger partial charge in [-0.1, -0.05) is 24.3 Å². The number of methoxy groups -OCH3 is 1. The highest BCUT2D eigenvalue weighted by atomic mass is 16.5. The monoisotopic (exact) mass is 296 g/mol. The summed E-state index contributed by atoms with van der Waals surface area (Å²) in [6.45, 7) is 1.64. The Kier molecular flexibility index (Phi) is 4.00. The number of ether oxygens (including phenoxy) is 1. The summed E-state index contributed by atoms with van der Waals surface area (Å²) in [5.41, 5.74) is 2.64. The Balaban J connectivity index is 2.04. The molecule has 2 aromatic carbocycles. The lowest BCUT2D eigenvalue weighted by atomic mass is 10.1. The molecule has 0 bridgehead atoms. The van der Waals surface area contributed by atoms with Crippen molar-refractivity contribution in [2.45, 2.75) is 6.42 Å². The predicted octanol–water partition coefficient (Wildman–Crippen LogP) is 3.18. The summed E-state index contributed by atoms with van der Waals surface area (Å²) in [6.07, 6.45) is 0.937. The van der Waals surface area contributed by atoms with Crippen molar-refractivity contribution in [3.63, 3.8) is 0 Å². The van der Waals surface area contributed by atoms with Gasteiger partial charge in [-0.3, -0.25) is 4.79 Å². The van der Waals surface area contributed by atoms with Crippen molar-refractivity contribution in [2.75, 3.05) is 37.0 Å². The minimum absolute atomic E-state index is 0.0137. The van der Waals surface area contributed by atoms with Crippen LogP contribution in [0, 0.1) is 0 Å². The second-order valence-corrected chi connectivity index (χ2v) is 5.42. The molecule has 0 N–H and O–H groups in total. The van der Waals surface area contributed by atoms with E-state index in [1.807, 2.05) is 47.4 Å². The number of hydrogen-bond acceptors (Lipinski definition) is 3. The van der Waals surface area contributed by atoms with Gasteiger partial charge in [-0.15, -0.1) is 0 Å². The zero-order valence-electron chi connectivity index (χ0n) is 13.0. The molecule has 0 atom stereocenters. The van der Waals surface area contributed by atoms with Gasteiger partial charge < -0.3 is 14.5 Å². The fraction of sp³-hybridized carbons (Fsp3) is 0.278. The normalized spacial score (nSPS) is 14.3. The van der Waals surface area contributed by atoms with E-state index in [2.05, 4.69) is 18.0 Å². The molecule has 0 spiro atoms. The molecule has 0 saturated heterocycles. The molecule has 0 aromatic heterocycles. The van der Waals surface area contributed by atoms with Crippen LogP contribution in [0.1, 0.15) is 16.8 Å². The number of carbonyl (C=O) groups is 1. The first-order chi connectivity index (χ1) is 10.7. The Morgan fingerprint density at radius 2 is 1.68 bits per heavy atom. The number of benzene rings is 2. The van der Waals surface area contributed by atoms with E-state index in [0.717, 1.165) is 24.3 Å². The first kappa shape index (κ1) is 14.4. The van der Waals surface area contributed by atoms with Crippen LogP contribution in [0.4, 0.5) is 11.4 Å². The molecule has 114 valence electrons. The predicted molar refractivity (Wildman–Crippen MR) is 89.0 cm³/mol. The quantitative estimate of drug-likeness (QED) is 0.853. The molecule has 1 heterocycles. The minimum atomic E-state index is -0.0137. The molecular formula is C18H20N2O2. The number of carbonyl (C=O) groups excluding carboxylic acids is 1. The van der Waals surface area contributed by atoms with Crippen LogP contribution in [0.5, 0.6) is 5.75 Å². The van der Waals surface area contributed by atoms with Crippen LogP contribution in [0.15, 0.2) is 48.5 Å². The van der Waals surface area contributed by atoms with Gasteiger partial charge >= 0.3 is 0 Å². The molecular weight excluding hydrogens is 276 g/mol. The number of fused-ring (bicyclic) bond motifs is 1. The van der Waals surface area contributed by atoms with Crippen molar-refractivity contribution in [2.24, 2.45) is 0 Å². The largest absolute Gasteiger partial charge is 0.496 e. The summed E-state index contributed by atoms with van der Waals surface area (Å²) in [7, 11) is 3.66. The summed E-state index contributed by atoms with van der Waals surface area (Å²) < 4.78 is 5.34. The summed E-state index contributed by atoms with van der Waals surface area (Å²) >= 11 is 0. The molecule has 3 rings (SSSR count). The number of para-hydroxylation sites is 3. The number of rotatable bonds is 2.